The highest BCUT2D eigenvalue weighted by Gasteiger charge is 2.06. The molecular formula is C20H32IN5O2. The number of hydrogen-bond donors (Lipinski definition) is 2. The van der Waals surface area contributed by atoms with Crippen LogP contribution in [-0.4, -0.2) is 49.7 Å². The average Bonchev–Trinajstić information content (AvgIpc) is 3.19. The van der Waals surface area contributed by atoms with Crippen LogP contribution in [0.4, 0.5) is 0 Å². The lowest BCUT2D eigenvalue weighted by atomic mass is 10.1. The molecule has 0 aliphatic heterocycles. The Morgan fingerprint density at radius 1 is 1.21 bits per heavy atom. The minimum atomic E-state index is 0. The normalized spacial score (nSPS) is 11.0. The Hall–Kier alpha value is -1.81. The molecule has 0 radical (unpaired) electrons. The van der Waals surface area contributed by atoms with Crippen molar-refractivity contribution in [3.05, 3.63) is 47.8 Å². The van der Waals surface area contributed by atoms with Crippen LogP contribution in [0.25, 0.3) is 0 Å². The summed E-state index contributed by atoms with van der Waals surface area (Å²) in [4.78, 5) is 4.29. The molecule has 1 aromatic carbocycles. The van der Waals surface area contributed by atoms with Gasteiger partial charge in [-0.3, -0.25) is 9.67 Å². The van der Waals surface area contributed by atoms with Crippen molar-refractivity contribution in [2.75, 3.05) is 33.9 Å². The van der Waals surface area contributed by atoms with Gasteiger partial charge in [0.05, 0.1) is 6.61 Å². The van der Waals surface area contributed by atoms with Crippen molar-refractivity contribution in [2.45, 2.75) is 32.9 Å². The fourth-order valence-electron chi connectivity index (χ4n) is 2.61. The summed E-state index contributed by atoms with van der Waals surface area (Å²) in [6, 6.07) is 8.20. The molecule has 0 saturated carbocycles. The minimum absolute atomic E-state index is 0. The van der Waals surface area contributed by atoms with E-state index in [1.807, 2.05) is 16.9 Å². The van der Waals surface area contributed by atoms with Crippen LogP contribution < -0.4 is 15.4 Å². The summed E-state index contributed by atoms with van der Waals surface area (Å²) in [5.41, 5.74) is 2.29. The third kappa shape index (κ3) is 8.92. The number of aliphatic imine (C=N–C) groups is 1. The molecule has 0 aliphatic rings. The Kier molecular flexibility index (Phi) is 12.3. The molecule has 0 atom stereocenters. The summed E-state index contributed by atoms with van der Waals surface area (Å²) in [6.07, 6.45) is 5.61. The van der Waals surface area contributed by atoms with Gasteiger partial charge in [-0.25, -0.2) is 0 Å². The summed E-state index contributed by atoms with van der Waals surface area (Å²) in [7, 11) is 3.48. The number of aryl methyl sites for hydroxylation is 2. The number of nitrogens with zero attached hydrogens (tertiary/aromatic N) is 3. The zero-order valence-electron chi connectivity index (χ0n) is 17.0. The Bertz CT molecular complexity index is 692. The quantitative estimate of drug-likeness (QED) is 0.215. The molecule has 8 heteroatoms. The van der Waals surface area contributed by atoms with Crippen molar-refractivity contribution in [3.63, 3.8) is 0 Å². The maximum absolute atomic E-state index is 5.94. The van der Waals surface area contributed by atoms with Crippen LogP contribution in [0.1, 0.15) is 24.0 Å². The van der Waals surface area contributed by atoms with Crippen LogP contribution in [0.2, 0.25) is 0 Å². The largest absolute Gasteiger partial charge is 0.493 e. The van der Waals surface area contributed by atoms with Gasteiger partial charge in [-0.05, 0) is 31.0 Å². The first-order chi connectivity index (χ1) is 13.2. The maximum atomic E-state index is 5.94. The highest BCUT2D eigenvalue weighted by Crippen LogP contribution is 2.20. The predicted octanol–water partition coefficient (Wildman–Crippen LogP) is 2.98. The second-order valence-corrected chi connectivity index (χ2v) is 6.28. The molecule has 0 spiro atoms. The number of ether oxygens (including phenoxy) is 2. The van der Waals surface area contributed by atoms with Crippen molar-refractivity contribution in [3.8, 4) is 5.75 Å². The number of aromatic nitrogens is 2. The van der Waals surface area contributed by atoms with Crippen molar-refractivity contribution in [1.82, 2.24) is 20.4 Å². The van der Waals surface area contributed by atoms with Gasteiger partial charge in [-0.1, -0.05) is 12.1 Å². The van der Waals surface area contributed by atoms with Gasteiger partial charge in [0.25, 0.3) is 0 Å². The first-order valence-corrected chi connectivity index (χ1v) is 9.36. The predicted molar refractivity (Wildman–Crippen MR) is 124 cm³/mol. The van der Waals surface area contributed by atoms with Crippen molar-refractivity contribution in [1.29, 1.82) is 0 Å². The Morgan fingerprint density at radius 2 is 2.07 bits per heavy atom. The van der Waals surface area contributed by atoms with Gasteiger partial charge >= 0.3 is 0 Å². The number of benzene rings is 1. The van der Waals surface area contributed by atoms with Gasteiger partial charge < -0.3 is 20.1 Å². The Balaban J connectivity index is 0.00000392. The average molecular weight is 501 g/mol. The van der Waals surface area contributed by atoms with Crippen LogP contribution in [0.15, 0.2) is 41.7 Å². The fraction of sp³-hybridized carbons (Fsp3) is 0.500. The molecule has 0 fully saturated rings. The zero-order chi connectivity index (χ0) is 19.3. The second-order valence-electron chi connectivity index (χ2n) is 6.28. The monoisotopic (exact) mass is 501 g/mol. The molecule has 0 saturated heterocycles. The van der Waals surface area contributed by atoms with E-state index in [0.717, 1.165) is 43.2 Å². The zero-order valence-corrected chi connectivity index (χ0v) is 19.3. The van der Waals surface area contributed by atoms with E-state index >= 15 is 0 Å². The summed E-state index contributed by atoms with van der Waals surface area (Å²) in [5.74, 6) is 1.69. The number of hydrogen-bond acceptors (Lipinski definition) is 4. The molecule has 7 nitrogen and oxygen atoms in total. The lowest BCUT2D eigenvalue weighted by Gasteiger charge is -2.15. The molecule has 28 heavy (non-hydrogen) atoms. The molecular weight excluding hydrogens is 469 g/mol. The Morgan fingerprint density at radius 3 is 2.79 bits per heavy atom. The summed E-state index contributed by atoms with van der Waals surface area (Å²) in [5, 5.41) is 10.9. The standard InChI is InChI=1S/C20H31N5O2.HI/c1-17-7-8-18(19(15-17)27-14-6-13-26-3)16-23-20(21-2)22-9-4-11-25-12-5-10-24-25;/h5,7-8,10,12,15H,4,6,9,11,13-14,16H2,1-3H3,(H2,21,22,23);1H. The summed E-state index contributed by atoms with van der Waals surface area (Å²) in [6.45, 7) is 5.78. The van der Waals surface area contributed by atoms with E-state index in [1.165, 1.54) is 5.56 Å². The molecule has 0 aliphatic carbocycles. The number of methoxy groups -OCH3 is 1. The van der Waals surface area contributed by atoms with Gasteiger partial charge in [-0.15, -0.1) is 24.0 Å². The van der Waals surface area contributed by atoms with E-state index in [2.05, 4.69) is 45.8 Å². The molecule has 2 aromatic rings. The van der Waals surface area contributed by atoms with Gasteiger partial charge in [0.15, 0.2) is 5.96 Å². The molecule has 156 valence electrons. The molecule has 0 bridgehead atoms. The molecule has 0 unspecified atom stereocenters. The third-order valence-corrected chi connectivity index (χ3v) is 4.06. The lowest BCUT2D eigenvalue weighted by Crippen LogP contribution is -2.37. The lowest BCUT2D eigenvalue weighted by molar-refractivity contribution is 0.172. The number of nitrogens with one attached hydrogen (secondary N) is 2. The van der Waals surface area contributed by atoms with Gasteiger partial charge in [-0.2, -0.15) is 5.10 Å². The first kappa shape index (κ1) is 24.2. The van der Waals surface area contributed by atoms with Crippen molar-refractivity contribution >= 4 is 29.9 Å². The van der Waals surface area contributed by atoms with Crippen LogP contribution in [0.3, 0.4) is 0 Å². The smallest absolute Gasteiger partial charge is 0.191 e. The topological polar surface area (TPSA) is 72.7 Å². The van der Waals surface area contributed by atoms with Gasteiger partial charge in [0.1, 0.15) is 5.75 Å². The van der Waals surface area contributed by atoms with E-state index in [-0.39, 0.29) is 24.0 Å². The van der Waals surface area contributed by atoms with E-state index in [9.17, 15) is 0 Å². The SMILES string of the molecule is CN=C(NCCCn1cccn1)NCc1ccc(C)cc1OCCCOC.I. The summed E-state index contributed by atoms with van der Waals surface area (Å²) < 4.78 is 12.9. The van der Waals surface area contributed by atoms with Crippen LogP contribution >= 0.6 is 24.0 Å². The summed E-state index contributed by atoms with van der Waals surface area (Å²) >= 11 is 0. The van der Waals surface area contributed by atoms with Crippen LogP contribution in [-0.2, 0) is 17.8 Å². The molecule has 2 rings (SSSR count). The van der Waals surface area contributed by atoms with Crippen LogP contribution in [0.5, 0.6) is 5.75 Å². The van der Waals surface area contributed by atoms with Crippen molar-refractivity contribution < 1.29 is 9.47 Å². The molecule has 0 amide bonds. The van der Waals surface area contributed by atoms with Crippen molar-refractivity contribution in [2.24, 2.45) is 4.99 Å². The maximum Gasteiger partial charge on any atom is 0.191 e. The fourth-order valence-corrected chi connectivity index (χ4v) is 2.61. The van der Waals surface area contributed by atoms with E-state index in [1.54, 1.807) is 20.4 Å². The number of halogens is 1. The Labute approximate surface area is 184 Å². The first-order valence-electron chi connectivity index (χ1n) is 9.36. The second kappa shape index (κ2) is 14.2. The van der Waals surface area contributed by atoms with Gasteiger partial charge in [0, 0.05) is 64.8 Å². The molecule has 2 N–H and O–H groups in total. The van der Waals surface area contributed by atoms with Gasteiger partial charge in [0.2, 0.25) is 0 Å². The molecule has 1 heterocycles. The molecule has 1 aromatic heterocycles. The highest BCUT2D eigenvalue weighted by atomic mass is 127. The van der Waals surface area contributed by atoms with E-state index in [0.29, 0.717) is 19.8 Å². The van der Waals surface area contributed by atoms with Crippen LogP contribution in [0, 0.1) is 6.92 Å². The minimum Gasteiger partial charge on any atom is -0.493 e. The number of rotatable bonds is 11. The van der Waals surface area contributed by atoms with E-state index in [4.69, 9.17) is 9.47 Å². The third-order valence-electron chi connectivity index (χ3n) is 4.06. The highest BCUT2D eigenvalue weighted by molar-refractivity contribution is 14.0. The number of guanidine groups is 1. The van der Waals surface area contributed by atoms with E-state index < -0.39 is 0 Å².